The molecule has 0 aliphatic heterocycles. The van der Waals surface area contributed by atoms with Gasteiger partial charge in [-0.05, 0) is 18.2 Å². The number of primary amides is 1. The molecule has 0 saturated heterocycles. The number of amides is 1. The number of fused-ring (bicyclic) bond motifs is 1. The van der Waals surface area contributed by atoms with E-state index in [0.29, 0.717) is 11.3 Å². The highest BCUT2D eigenvalue weighted by Crippen LogP contribution is 2.26. The van der Waals surface area contributed by atoms with Crippen LogP contribution in [0.5, 0.6) is 11.6 Å². The Bertz CT molecular complexity index is 905. The fraction of sp³-hybridized carbons (Fsp3) is 0. The summed E-state index contributed by atoms with van der Waals surface area (Å²) in [6.45, 7) is 0. The highest BCUT2D eigenvalue weighted by Gasteiger charge is 2.13. The van der Waals surface area contributed by atoms with Crippen molar-refractivity contribution in [3.63, 3.8) is 0 Å². The second kappa shape index (κ2) is 5.64. The summed E-state index contributed by atoms with van der Waals surface area (Å²) in [6, 6.07) is 8.18. The lowest BCUT2D eigenvalue weighted by Gasteiger charge is -2.06. The molecule has 2 heterocycles. The molecule has 23 heavy (non-hydrogen) atoms. The van der Waals surface area contributed by atoms with Crippen molar-refractivity contribution in [2.75, 3.05) is 5.73 Å². The number of rotatable bonds is 2. The minimum atomic E-state index is -1.18. The molecule has 0 saturated carbocycles. The third-order valence-corrected chi connectivity index (χ3v) is 2.93. The molecule has 3 aromatic rings. The van der Waals surface area contributed by atoms with E-state index >= 15 is 0 Å². The number of ether oxygens (including phenoxy) is 2. The van der Waals surface area contributed by atoms with Crippen molar-refractivity contribution in [1.29, 1.82) is 0 Å². The predicted octanol–water partition coefficient (Wildman–Crippen LogP) is 1.87. The SMILES string of the molecule is NC(=O)OC(=O)n1ccc2ccc(Oc3cc(N)ncn3)cc21. The van der Waals surface area contributed by atoms with Gasteiger partial charge in [0.15, 0.2) is 0 Å². The summed E-state index contributed by atoms with van der Waals surface area (Å²) in [6.07, 6.45) is 0.648. The fourth-order valence-electron chi connectivity index (χ4n) is 2.00. The van der Waals surface area contributed by atoms with Crippen LogP contribution in [-0.4, -0.2) is 26.7 Å². The standard InChI is InChI=1S/C14H11N5O4/c15-11-6-12(18-7-17-11)22-9-2-1-8-3-4-19(10(8)5-9)14(21)23-13(16)20/h1-7H,(H2,16,20)(H2,15,17,18). The van der Waals surface area contributed by atoms with E-state index in [4.69, 9.17) is 16.2 Å². The van der Waals surface area contributed by atoms with E-state index in [1.807, 2.05) is 0 Å². The first-order valence-electron chi connectivity index (χ1n) is 6.41. The monoisotopic (exact) mass is 313 g/mol. The van der Waals surface area contributed by atoms with Gasteiger partial charge in [-0.1, -0.05) is 0 Å². The quantitative estimate of drug-likeness (QED) is 0.689. The van der Waals surface area contributed by atoms with E-state index in [-0.39, 0.29) is 11.7 Å². The lowest BCUT2D eigenvalue weighted by atomic mass is 10.2. The molecular formula is C14H11N5O4. The van der Waals surface area contributed by atoms with E-state index in [0.717, 1.165) is 9.95 Å². The number of anilines is 1. The summed E-state index contributed by atoms with van der Waals surface area (Å²) in [4.78, 5) is 30.2. The summed E-state index contributed by atoms with van der Waals surface area (Å²) in [5.41, 5.74) is 10.9. The molecule has 0 unspecified atom stereocenters. The maximum absolute atomic E-state index is 11.8. The minimum absolute atomic E-state index is 0.259. The van der Waals surface area contributed by atoms with Crippen LogP contribution in [0.25, 0.3) is 10.9 Å². The van der Waals surface area contributed by atoms with Crippen LogP contribution in [0.15, 0.2) is 42.9 Å². The molecule has 9 nitrogen and oxygen atoms in total. The van der Waals surface area contributed by atoms with Crippen LogP contribution in [0.1, 0.15) is 0 Å². The molecule has 0 atom stereocenters. The van der Waals surface area contributed by atoms with Gasteiger partial charge in [0, 0.05) is 23.7 Å². The topological polar surface area (TPSA) is 135 Å². The molecule has 116 valence electrons. The fourth-order valence-corrected chi connectivity index (χ4v) is 2.00. The average molecular weight is 313 g/mol. The third-order valence-electron chi connectivity index (χ3n) is 2.93. The van der Waals surface area contributed by atoms with Gasteiger partial charge in [-0.25, -0.2) is 19.6 Å². The van der Waals surface area contributed by atoms with Crippen LogP contribution < -0.4 is 16.2 Å². The smallest absolute Gasteiger partial charge is 0.427 e. The molecular weight excluding hydrogens is 302 g/mol. The second-order valence-electron chi connectivity index (χ2n) is 4.48. The van der Waals surface area contributed by atoms with Gasteiger partial charge < -0.3 is 20.9 Å². The Labute approximate surface area is 129 Å². The summed E-state index contributed by atoms with van der Waals surface area (Å²) in [7, 11) is 0. The predicted molar refractivity (Wildman–Crippen MR) is 79.9 cm³/mol. The van der Waals surface area contributed by atoms with Gasteiger partial charge in [-0.15, -0.1) is 0 Å². The van der Waals surface area contributed by atoms with Gasteiger partial charge in [0.1, 0.15) is 17.9 Å². The zero-order valence-corrected chi connectivity index (χ0v) is 11.7. The van der Waals surface area contributed by atoms with Crippen LogP contribution >= 0.6 is 0 Å². The Balaban J connectivity index is 1.94. The molecule has 2 aromatic heterocycles. The van der Waals surface area contributed by atoms with Gasteiger partial charge in [0.2, 0.25) is 5.88 Å². The van der Waals surface area contributed by atoms with Gasteiger partial charge in [-0.2, -0.15) is 0 Å². The van der Waals surface area contributed by atoms with Crippen molar-refractivity contribution in [2.24, 2.45) is 5.73 Å². The number of nitrogens with two attached hydrogens (primary N) is 2. The lowest BCUT2D eigenvalue weighted by Crippen LogP contribution is -2.21. The molecule has 9 heteroatoms. The molecule has 0 bridgehead atoms. The summed E-state index contributed by atoms with van der Waals surface area (Å²) >= 11 is 0. The Morgan fingerprint density at radius 2 is 1.96 bits per heavy atom. The number of hydrogen-bond donors (Lipinski definition) is 2. The number of aromatic nitrogens is 3. The zero-order valence-electron chi connectivity index (χ0n) is 11.7. The minimum Gasteiger partial charge on any atom is -0.439 e. The summed E-state index contributed by atoms with van der Waals surface area (Å²) in [5, 5.41) is 0.751. The molecule has 0 radical (unpaired) electrons. The van der Waals surface area contributed by atoms with Crippen molar-refractivity contribution >= 4 is 28.9 Å². The Hall–Kier alpha value is -3.62. The average Bonchev–Trinajstić information content (AvgIpc) is 2.89. The molecule has 0 aliphatic rings. The van der Waals surface area contributed by atoms with E-state index in [9.17, 15) is 9.59 Å². The van der Waals surface area contributed by atoms with Crippen LogP contribution in [0.3, 0.4) is 0 Å². The Morgan fingerprint density at radius 3 is 2.70 bits per heavy atom. The van der Waals surface area contributed by atoms with Gasteiger partial charge in [0.25, 0.3) is 0 Å². The number of carbonyl (C=O) groups is 2. The van der Waals surface area contributed by atoms with Crippen LogP contribution in [0.2, 0.25) is 0 Å². The number of hydrogen-bond acceptors (Lipinski definition) is 7. The van der Waals surface area contributed by atoms with E-state index in [1.54, 1.807) is 24.3 Å². The maximum atomic E-state index is 11.8. The lowest BCUT2D eigenvalue weighted by molar-refractivity contribution is 0.159. The van der Waals surface area contributed by atoms with Crippen LogP contribution in [0.4, 0.5) is 15.4 Å². The molecule has 4 N–H and O–H groups in total. The van der Waals surface area contributed by atoms with Gasteiger partial charge in [0.05, 0.1) is 5.52 Å². The van der Waals surface area contributed by atoms with Crippen molar-refractivity contribution in [1.82, 2.24) is 14.5 Å². The van der Waals surface area contributed by atoms with Crippen molar-refractivity contribution < 1.29 is 19.1 Å². The largest absolute Gasteiger partial charge is 0.439 e. The van der Waals surface area contributed by atoms with Gasteiger partial charge in [-0.3, -0.25) is 4.57 Å². The highest BCUT2D eigenvalue weighted by molar-refractivity contribution is 5.93. The van der Waals surface area contributed by atoms with Crippen LogP contribution in [-0.2, 0) is 4.74 Å². The molecule has 1 aromatic carbocycles. The zero-order chi connectivity index (χ0) is 16.4. The number of benzene rings is 1. The number of nitrogen functional groups attached to an aromatic ring is 1. The summed E-state index contributed by atoms with van der Waals surface area (Å²) in [5.74, 6) is 0.946. The first-order valence-corrected chi connectivity index (χ1v) is 6.41. The first-order chi connectivity index (χ1) is 11.0. The molecule has 0 spiro atoms. The number of nitrogens with zero attached hydrogens (tertiary/aromatic N) is 3. The summed E-state index contributed by atoms with van der Waals surface area (Å²) < 4.78 is 11.1. The van der Waals surface area contributed by atoms with Gasteiger partial charge >= 0.3 is 12.2 Å². The van der Waals surface area contributed by atoms with E-state index in [2.05, 4.69) is 14.7 Å². The van der Waals surface area contributed by atoms with E-state index in [1.165, 1.54) is 18.6 Å². The highest BCUT2D eigenvalue weighted by atomic mass is 16.6. The number of carbonyl (C=O) groups excluding carboxylic acids is 2. The molecule has 0 aliphatic carbocycles. The first kappa shape index (κ1) is 14.3. The second-order valence-corrected chi connectivity index (χ2v) is 4.48. The van der Waals surface area contributed by atoms with Crippen LogP contribution in [0, 0.1) is 0 Å². The Kier molecular flexibility index (Phi) is 3.51. The van der Waals surface area contributed by atoms with E-state index < -0.39 is 12.2 Å². The normalized spacial score (nSPS) is 10.4. The Morgan fingerprint density at radius 1 is 1.13 bits per heavy atom. The van der Waals surface area contributed by atoms with Crippen molar-refractivity contribution in [3.8, 4) is 11.6 Å². The maximum Gasteiger partial charge on any atom is 0.427 e. The van der Waals surface area contributed by atoms with Crippen molar-refractivity contribution in [2.45, 2.75) is 0 Å². The molecule has 0 fully saturated rings. The molecule has 1 amide bonds. The third kappa shape index (κ3) is 3.02. The molecule has 3 rings (SSSR count). The van der Waals surface area contributed by atoms with Crippen molar-refractivity contribution in [3.05, 3.63) is 42.9 Å².